The number of amides is 1. The molecular weight excluding hydrogens is 406 g/mol. The van der Waals surface area contributed by atoms with Gasteiger partial charge in [-0.3, -0.25) is 9.69 Å². The maximum atomic E-state index is 13.7. The van der Waals surface area contributed by atoms with E-state index in [9.17, 15) is 13.6 Å². The van der Waals surface area contributed by atoms with Gasteiger partial charge in [-0.05, 0) is 48.7 Å². The molecular formula is C22H20F2N4OS. The number of thiazole rings is 1. The van der Waals surface area contributed by atoms with Gasteiger partial charge in [0.1, 0.15) is 0 Å². The molecule has 4 aromatic rings. The Morgan fingerprint density at radius 1 is 1.17 bits per heavy atom. The molecule has 0 aliphatic carbocycles. The summed E-state index contributed by atoms with van der Waals surface area (Å²) < 4.78 is 30.0. The third-order valence-corrected chi connectivity index (χ3v) is 5.89. The van der Waals surface area contributed by atoms with E-state index in [1.54, 1.807) is 17.4 Å². The van der Waals surface area contributed by atoms with Gasteiger partial charge in [0.2, 0.25) is 0 Å². The predicted molar refractivity (Wildman–Crippen MR) is 114 cm³/mol. The lowest BCUT2D eigenvalue weighted by Crippen LogP contribution is -2.32. The normalized spacial score (nSPS) is 11.2. The Hall–Kier alpha value is -3.13. The third kappa shape index (κ3) is 4.23. The van der Waals surface area contributed by atoms with E-state index in [0.29, 0.717) is 24.6 Å². The lowest BCUT2D eigenvalue weighted by atomic mass is 10.2. The minimum absolute atomic E-state index is 0.0880. The van der Waals surface area contributed by atoms with Crippen LogP contribution in [0.25, 0.3) is 10.2 Å². The molecule has 2 heterocycles. The van der Waals surface area contributed by atoms with Gasteiger partial charge in [-0.1, -0.05) is 24.3 Å². The Morgan fingerprint density at radius 2 is 2.03 bits per heavy atom. The fourth-order valence-corrected chi connectivity index (χ4v) is 4.25. The average molecular weight is 426 g/mol. The largest absolute Gasteiger partial charge is 0.337 e. The second-order valence-corrected chi connectivity index (χ2v) is 7.90. The Morgan fingerprint density at radius 3 is 2.77 bits per heavy atom. The summed E-state index contributed by atoms with van der Waals surface area (Å²) in [5, 5.41) is 0.540. The average Bonchev–Trinajstić information content (AvgIpc) is 3.41. The van der Waals surface area contributed by atoms with Gasteiger partial charge < -0.3 is 4.57 Å². The molecule has 30 heavy (non-hydrogen) atoms. The van der Waals surface area contributed by atoms with E-state index in [1.165, 1.54) is 23.0 Å². The van der Waals surface area contributed by atoms with Crippen molar-refractivity contribution < 1.29 is 13.6 Å². The van der Waals surface area contributed by atoms with Crippen molar-refractivity contribution in [2.24, 2.45) is 0 Å². The molecule has 8 heteroatoms. The highest BCUT2D eigenvalue weighted by Crippen LogP contribution is 2.31. The van der Waals surface area contributed by atoms with Gasteiger partial charge in [-0.2, -0.15) is 0 Å². The van der Waals surface area contributed by atoms with Crippen molar-refractivity contribution in [2.75, 3.05) is 11.4 Å². The first-order valence-corrected chi connectivity index (χ1v) is 10.5. The number of hydrogen-bond acceptors (Lipinski definition) is 4. The quantitative estimate of drug-likeness (QED) is 0.415. The zero-order valence-corrected chi connectivity index (χ0v) is 17.2. The molecule has 2 aromatic heterocycles. The molecule has 2 aromatic carbocycles. The van der Waals surface area contributed by atoms with Crippen LogP contribution in [0.15, 0.2) is 55.1 Å². The fourth-order valence-electron chi connectivity index (χ4n) is 3.19. The monoisotopic (exact) mass is 426 g/mol. The van der Waals surface area contributed by atoms with Crippen molar-refractivity contribution >= 4 is 32.6 Å². The van der Waals surface area contributed by atoms with Crippen molar-refractivity contribution in [1.82, 2.24) is 14.5 Å². The summed E-state index contributed by atoms with van der Waals surface area (Å²) in [7, 11) is 0. The fraction of sp³-hybridized carbons (Fsp3) is 0.227. The van der Waals surface area contributed by atoms with Crippen molar-refractivity contribution in [3.05, 3.63) is 77.9 Å². The minimum Gasteiger partial charge on any atom is -0.337 e. The number of rotatable bonds is 7. The van der Waals surface area contributed by atoms with Gasteiger partial charge in [0.15, 0.2) is 16.8 Å². The van der Waals surface area contributed by atoms with Crippen LogP contribution in [0.5, 0.6) is 0 Å². The van der Waals surface area contributed by atoms with Crippen LogP contribution < -0.4 is 4.90 Å². The summed E-state index contributed by atoms with van der Waals surface area (Å²) >= 11 is 1.42. The molecule has 0 N–H and O–H groups in total. The predicted octanol–water partition coefficient (Wildman–Crippen LogP) is 5.07. The molecule has 0 fully saturated rings. The molecule has 0 bridgehead atoms. The number of hydrogen-bond donors (Lipinski definition) is 0. The number of aryl methyl sites for hydroxylation is 2. The van der Waals surface area contributed by atoms with Crippen LogP contribution in [-0.2, 0) is 13.0 Å². The van der Waals surface area contributed by atoms with Crippen LogP contribution in [0.4, 0.5) is 13.9 Å². The number of halogens is 2. The number of benzene rings is 2. The third-order valence-electron chi connectivity index (χ3n) is 4.85. The number of aromatic nitrogens is 3. The number of carbonyl (C=O) groups excluding carboxylic acids is 1. The topological polar surface area (TPSA) is 51.0 Å². The molecule has 0 radical (unpaired) electrons. The van der Waals surface area contributed by atoms with Crippen LogP contribution in [-0.4, -0.2) is 27.0 Å². The van der Waals surface area contributed by atoms with Gasteiger partial charge >= 0.3 is 0 Å². The molecule has 0 saturated carbocycles. The van der Waals surface area contributed by atoms with E-state index in [-0.39, 0.29) is 5.56 Å². The van der Waals surface area contributed by atoms with Gasteiger partial charge in [-0.15, -0.1) is 0 Å². The Balaban J connectivity index is 1.65. The first-order valence-electron chi connectivity index (χ1n) is 9.67. The molecule has 0 unspecified atom stereocenters. The SMILES string of the molecule is CCc1ccc2nc(N(CCCn3ccnc3)C(=O)c3ccc(F)c(F)c3)sc2c1. The molecule has 4 rings (SSSR count). The zero-order valence-electron chi connectivity index (χ0n) is 16.4. The van der Waals surface area contributed by atoms with Crippen molar-refractivity contribution in [2.45, 2.75) is 26.3 Å². The van der Waals surface area contributed by atoms with Crippen molar-refractivity contribution in [1.29, 1.82) is 0 Å². The van der Waals surface area contributed by atoms with E-state index >= 15 is 0 Å². The van der Waals surface area contributed by atoms with Gasteiger partial charge in [0.05, 0.1) is 16.5 Å². The van der Waals surface area contributed by atoms with Crippen molar-refractivity contribution in [3.63, 3.8) is 0 Å². The second kappa shape index (κ2) is 8.71. The van der Waals surface area contributed by atoms with E-state index in [4.69, 9.17) is 0 Å². The molecule has 0 saturated heterocycles. The summed E-state index contributed by atoms with van der Waals surface area (Å²) in [6, 6.07) is 9.24. The maximum absolute atomic E-state index is 13.7. The maximum Gasteiger partial charge on any atom is 0.260 e. The van der Waals surface area contributed by atoms with E-state index < -0.39 is 17.5 Å². The highest BCUT2D eigenvalue weighted by atomic mass is 32.1. The van der Waals surface area contributed by atoms with Crippen LogP contribution in [0.2, 0.25) is 0 Å². The Kier molecular flexibility index (Phi) is 5.85. The Bertz CT molecular complexity index is 1170. The summed E-state index contributed by atoms with van der Waals surface area (Å²) in [5.41, 5.74) is 2.09. The second-order valence-electron chi connectivity index (χ2n) is 6.89. The number of fused-ring (bicyclic) bond motifs is 1. The number of nitrogens with zero attached hydrogens (tertiary/aromatic N) is 4. The van der Waals surface area contributed by atoms with E-state index in [2.05, 4.69) is 23.0 Å². The highest BCUT2D eigenvalue weighted by molar-refractivity contribution is 7.22. The van der Waals surface area contributed by atoms with Gasteiger partial charge in [-0.25, -0.2) is 18.7 Å². The van der Waals surface area contributed by atoms with Gasteiger partial charge in [0, 0.05) is 31.0 Å². The summed E-state index contributed by atoms with van der Waals surface area (Å²) in [5.74, 6) is -2.43. The van der Waals surface area contributed by atoms with Crippen LogP contribution >= 0.6 is 11.3 Å². The standard InChI is InChI=1S/C22H20F2N4OS/c1-2-15-4-7-19-20(12-15)30-22(26-19)28(10-3-9-27-11-8-25-14-27)21(29)16-5-6-17(23)18(24)13-16/h4-8,11-14H,2-3,9-10H2,1H3. The molecule has 0 aliphatic heterocycles. The van der Waals surface area contributed by atoms with E-state index in [0.717, 1.165) is 28.8 Å². The number of carbonyl (C=O) groups is 1. The molecule has 154 valence electrons. The van der Waals surface area contributed by atoms with Gasteiger partial charge in [0.25, 0.3) is 5.91 Å². The van der Waals surface area contributed by atoms with Crippen LogP contribution in [0.1, 0.15) is 29.3 Å². The molecule has 5 nitrogen and oxygen atoms in total. The van der Waals surface area contributed by atoms with E-state index in [1.807, 2.05) is 22.9 Å². The Labute approximate surface area is 176 Å². The van der Waals surface area contributed by atoms with Crippen LogP contribution in [0, 0.1) is 11.6 Å². The summed E-state index contributed by atoms with van der Waals surface area (Å²) in [4.78, 5) is 23.4. The first kappa shape index (κ1) is 20.2. The lowest BCUT2D eigenvalue weighted by molar-refractivity contribution is 0.0985. The lowest BCUT2D eigenvalue weighted by Gasteiger charge is -2.20. The summed E-state index contributed by atoms with van der Waals surface area (Å²) in [6.45, 7) is 3.14. The molecule has 1 amide bonds. The molecule has 0 aliphatic rings. The number of imidazole rings is 1. The first-order chi connectivity index (χ1) is 14.5. The molecule has 0 spiro atoms. The van der Waals surface area contributed by atoms with Crippen LogP contribution in [0.3, 0.4) is 0 Å². The zero-order chi connectivity index (χ0) is 21.1. The smallest absolute Gasteiger partial charge is 0.260 e. The molecule has 0 atom stereocenters. The van der Waals surface area contributed by atoms with Crippen molar-refractivity contribution in [3.8, 4) is 0 Å². The number of anilines is 1. The summed E-state index contributed by atoms with van der Waals surface area (Å²) in [6.07, 6.45) is 6.83. The minimum atomic E-state index is -1.05. The highest BCUT2D eigenvalue weighted by Gasteiger charge is 2.22.